The predicted molar refractivity (Wildman–Crippen MR) is 134 cm³/mol. The highest BCUT2D eigenvalue weighted by Crippen LogP contribution is 2.34. The molecule has 32 heavy (non-hydrogen) atoms. The average Bonchev–Trinajstić information content (AvgIpc) is 2.34. The van der Waals surface area contributed by atoms with E-state index in [0.29, 0.717) is 6.92 Å². The largest absolute Gasteiger partial charge is 0.290 e. The summed E-state index contributed by atoms with van der Waals surface area (Å²) in [4.78, 5) is 3.82. The van der Waals surface area contributed by atoms with Crippen LogP contribution in [0.2, 0.25) is 0 Å². The van der Waals surface area contributed by atoms with E-state index in [-0.39, 0.29) is 61.0 Å². The van der Waals surface area contributed by atoms with Crippen molar-refractivity contribution in [2.45, 2.75) is 108 Å². The highest BCUT2D eigenvalue weighted by Gasteiger charge is 2.49. The Morgan fingerprint density at radius 2 is 1.25 bits per heavy atom. The maximum Gasteiger partial charge on any atom is 0.273 e. The number of hydrogen-bond donors (Lipinski definition) is 2. The summed E-state index contributed by atoms with van der Waals surface area (Å²) in [7, 11) is -5.02. The van der Waals surface area contributed by atoms with Crippen LogP contribution in [0.4, 0.5) is 26.3 Å². The van der Waals surface area contributed by atoms with Crippen LogP contribution in [0.3, 0.4) is 0 Å². The number of rotatable bonds is 6. The molecule has 15 heteroatoms. The van der Waals surface area contributed by atoms with E-state index in [1.165, 1.54) is 6.92 Å². The first-order chi connectivity index (χ1) is 11.2. The minimum absolute atomic E-state index is 0. The number of hydrogen-bond acceptors (Lipinski definition) is 6. The lowest BCUT2D eigenvalue weighted by Crippen LogP contribution is -2.41. The zero-order valence-corrected chi connectivity index (χ0v) is 17.8. The average molecular weight is 649 g/mol. The van der Waals surface area contributed by atoms with Crippen LogP contribution in [0.1, 0.15) is 85.1 Å². The summed E-state index contributed by atoms with van der Waals surface area (Å²) in [5, 5.41) is 8.04. The molecule has 0 fully saturated rings. The molecule has 0 rings (SSSR count). The van der Waals surface area contributed by atoms with Crippen LogP contribution in [-0.2, 0) is 20.0 Å². The molecule has 0 bridgehead atoms. The third-order valence-corrected chi connectivity index (χ3v) is 3.80. The smallest absolute Gasteiger partial charge is 0.273 e. The molecule has 0 aromatic heterocycles. The van der Waals surface area contributed by atoms with Gasteiger partial charge in [0.05, 0.1) is 6.42 Å². The molecule has 1 unspecified atom stereocenters. The second kappa shape index (κ2) is 24.2. The van der Waals surface area contributed by atoms with E-state index < -0.39 is 39.6 Å². The van der Waals surface area contributed by atoms with Crippen LogP contribution < -0.4 is 0 Å². The Labute approximate surface area is 210 Å². The summed E-state index contributed by atoms with van der Waals surface area (Å²) in [6.07, 6.45) is -1.98. The zero-order valence-electron chi connectivity index (χ0n) is 14.0. The van der Waals surface area contributed by atoms with Crippen molar-refractivity contribution in [3.05, 3.63) is 0 Å². The Balaban J connectivity index is -0.0000000364. The Kier molecular flexibility index (Phi) is 43.9. The Morgan fingerprint density at radius 1 is 0.969 bits per heavy atom. The molecule has 0 spiro atoms. The van der Waals surface area contributed by atoms with Crippen molar-refractivity contribution in [2.75, 3.05) is 0 Å². The molecule has 0 saturated carbocycles. The Morgan fingerprint density at radius 3 is 1.34 bits per heavy atom. The normalized spacial score (nSPS) is 11.0. The van der Waals surface area contributed by atoms with Gasteiger partial charge in [-0.15, -0.1) is 0 Å². The van der Waals surface area contributed by atoms with Crippen molar-refractivity contribution in [3.8, 4) is 0 Å². The van der Waals surface area contributed by atoms with Crippen molar-refractivity contribution in [3.63, 3.8) is 0 Å². The molecular weight excluding hydrogens is 605 g/mol. The van der Waals surface area contributed by atoms with E-state index in [1.54, 1.807) is 22.6 Å². The first-order valence-corrected chi connectivity index (χ1v) is 9.46. The molecule has 0 aromatic rings. The van der Waals surface area contributed by atoms with Crippen molar-refractivity contribution in [2.24, 2.45) is 0 Å². The SMILES string of the molecule is C.C.C.C.C.C.CC(C(F)(F)CC(C)(F)F)S(=O)(=O)O.CCC(C)(F)F.OOOC(=S)I. The predicted octanol–water partition coefficient (Wildman–Crippen LogP) is 8.94. The van der Waals surface area contributed by atoms with E-state index in [9.17, 15) is 34.8 Å². The van der Waals surface area contributed by atoms with Gasteiger partial charge in [-0.25, -0.2) is 31.6 Å². The second-order valence-electron chi connectivity index (χ2n) is 4.98. The molecular formula is C17H43F6IO6S2. The molecule has 0 aliphatic carbocycles. The van der Waals surface area contributed by atoms with Crippen LogP contribution in [0.15, 0.2) is 0 Å². The third-order valence-electron chi connectivity index (χ3n) is 2.31. The molecule has 208 valence electrons. The van der Waals surface area contributed by atoms with Gasteiger partial charge < -0.3 is 0 Å². The van der Waals surface area contributed by atoms with Gasteiger partial charge in [-0.2, -0.15) is 8.42 Å². The zero-order chi connectivity index (χ0) is 22.0. The van der Waals surface area contributed by atoms with Crippen LogP contribution in [0.25, 0.3) is 0 Å². The monoisotopic (exact) mass is 648 g/mol. The first-order valence-electron chi connectivity index (χ1n) is 6.47. The summed E-state index contributed by atoms with van der Waals surface area (Å²) in [6, 6.07) is 0. The van der Waals surface area contributed by atoms with E-state index in [2.05, 4.69) is 22.1 Å². The maximum absolute atomic E-state index is 12.8. The van der Waals surface area contributed by atoms with Crippen molar-refractivity contribution in [1.82, 2.24) is 0 Å². The molecule has 0 amide bonds. The molecule has 2 N–H and O–H groups in total. The van der Waals surface area contributed by atoms with Crippen molar-refractivity contribution < 1.29 is 54.5 Å². The summed E-state index contributed by atoms with van der Waals surface area (Å²) in [6.45, 7) is 3.09. The molecule has 6 nitrogen and oxygen atoms in total. The van der Waals surface area contributed by atoms with Crippen LogP contribution >= 0.6 is 34.8 Å². The maximum atomic E-state index is 12.8. The fraction of sp³-hybridized carbons (Fsp3) is 0.941. The van der Waals surface area contributed by atoms with Gasteiger partial charge in [-0.3, -0.25) is 9.44 Å². The molecule has 0 saturated heterocycles. The molecule has 1 atom stereocenters. The Bertz CT molecular complexity index is 513. The van der Waals surface area contributed by atoms with Gasteiger partial charge in [0.1, 0.15) is 5.25 Å². The van der Waals surface area contributed by atoms with Crippen LogP contribution in [0, 0.1) is 0 Å². The van der Waals surface area contributed by atoms with Crippen molar-refractivity contribution in [1.29, 1.82) is 0 Å². The van der Waals surface area contributed by atoms with E-state index in [1.807, 2.05) is 0 Å². The summed E-state index contributed by atoms with van der Waals surface area (Å²) < 4.78 is 102. The third kappa shape index (κ3) is 43.8. The lowest BCUT2D eigenvalue weighted by molar-refractivity contribution is -0.446. The van der Waals surface area contributed by atoms with Crippen LogP contribution in [-0.4, -0.2) is 44.3 Å². The highest BCUT2D eigenvalue weighted by molar-refractivity contribution is 14.1. The quantitative estimate of drug-likeness (QED) is 0.0565. The molecule has 0 radical (unpaired) electrons. The minimum atomic E-state index is -5.02. The van der Waals surface area contributed by atoms with Gasteiger partial charge >= 0.3 is 0 Å². The van der Waals surface area contributed by atoms with E-state index in [0.717, 1.165) is 6.92 Å². The minimum Gasteiger partial charge on any atom is -0.290 e. The van der Waals surface area contributed by atoms with E-state index >= 15 is 0 Å². The molecule has 0 aromatic carbocycles. The summed E-state index contributed by atoms with van der Waals surface area (Å²) in [5.74, 6) is -10.3. The Hall–Kier alpha value is 0.0300. The summed E-state index contributed by atoms with van der Waals surface area (Å²) in [5.41, 5.74) is 0. The molecule has 0 aliphatic rings. The number of alkyl halides is 6. The highest BCUT2D eigenvalue weighted by atomic mass is 127. The van der Waals surface area contributed by atoms with Gasteiger partial charge in [0.15, 0.2) is 0 Å². The molecule has 0 heterocycles. The lowest BCUT2D eigenvalue weighted by atomic mass is 10.1. The fourth-order valence-corrected chi connectivity index (χ4v) is 1.43. The van der Waals surface area contributed by atoms with Gasteiger partial charge in [0, 0.05) is 29.0 Å². The van der Waals surface area contributed by atoms with Gasteiger partial charge in [-0.1, -0.05) is 51.5 Å². The van der Waals surface area contributed by atoms with Crippen molar-refractivity contribution >= 4 is 48.0 Å². The second-order valence-corrected chi connectivity index (χ2v) is 8.80. The van der Waals surface area contributed by atoms with E-state index in [4.69, 9.17) is 9.81 Å². The lowest BCUT2D eigenvalue weighted by Gasteiger charge is -2.23. The van der Waals surface area contributed by atoms with Gasteiger partial charge in [-0.05, 0) is 38.0 Å². The van der Waals surface area contributed by atoms with Crippen LogP contribution in [0.5, 0.6) is 0 Å². The van der Waals surface area contributed by atoms with Gasteiger partial charge in [0.2, 0.25) is 5.92 Å². The topological polar surface area (TPSA) is 93.1 Å². The molecule has 0 aliphatic heterocycles. The first kappa shape index (κ1) is 58.1. The standard InChI is InChI=1S/C6H10F4O3S.C4H8F2.CHIO3S.6CH4/c1-4(14(11,12)13)6(9,10)3-5(2,7)8;1-3-4(2,5)6;2-1(6)4-5-3;;;;;;/h4H,3H2,1-2H3,(H,11,12,13);3H2,1-2H3;3H;6*1H4. The van der Waals surface area contributed by atoms with Gasteiger partial charge in [0.25, 0.3) is 25.0 Å². The fourth-order valence-electron chi connectivity index (χ4n) is 0.805. The number of thiocarbonyl (C=S) groups is 1. The number of halogens is 7. The summed E-state index contributed by atoms with van der Waals surface area (Å²) >= 11 is 5.94.